The molecule has 0 saturated heterocycles. The molecule has 7 heteroatoms. The fraction of sp³-hybridized carbons (Fsp3) is 0.267. The number of carbonyl (C=O) groups excluding carboxylic acids is 2. The topological polar surface area (TPSA) is 81.4 Å². The fourth-order valence-corrected chi connectivity index (χ4v) is 1.76. The maximum absolute atomic E-state index is 13.7. The zero-order chi connectivity index (χ0) is 16.3. The molecule has 2 aromatic rings. The summed E-state index contributed by atoms with van der Waals surface area (Å²) in [4.78, 5) is 23.1. The average molecular weight is 306 g/mol. The van der Waals surface area contributed by atoms with E-state index in [1.807, 2.05) is 0 Å². The Kier molecular flexibility index (Phi) is 4.55. The standard InChI is InChI=1S/C15H15FN2O4/c1-8-6-14(22-18-8)17-15(20)10(3)21-11-4-5-12(9(2)19)13(16)7-11/h4-7,10H,1-3H3,(H,17,20)/t10-/m1/s1. The Hall–Kier alpha value is -2.70. The Bertz CT molecular complexity index is 711. The zero-order valence-corrected chi connectivity index (χ0v) is 12.3. The van der Waals surface area contributed by atoms with Crippen molar-refractivity contribution in [2.24, 2.45) is 0 Å². The number of benzene rings is 1. The number of carbonyl (C=O) groups is 2. The number of Topliss-reactive ketones (excluding diaryl/α,β-unsaturated/α-hetero) is 1. The number of halogens is 1. The first-order valence-electron chi connectivity index (χ1n) is 6.58. The Morgan fingerprint density at radius 3 is 2.64 bits per heavy atom. The van der Waals surface area contributed by atoms with Crippen LogP contribution in [-0.4, -0.2) is 23.0 Å². The molecule has 0 aliphatic rings. The van der Waals surface area contributed by atoms with Crippen molar-refractivity contribution in [2.45, 2.75) is 26.9 Å². The molecule has 2 rings (SSSR count). The van der Waals surface area contributed by atoms with E-state index in [0.29, 0.717) is 5.69 Å². The van der Waals surface area contributed by atoms with Gasteiger partial charge in [0.2, 0.25) is 5.88 Å². The maximum Gasteiger partial charge on any atom is 0.267 e. The summed E-state index contributed by atoms with van der Waals surface area (Å²) >= 11 is 0. The summed E-state index contributed by atoms with van der Waals surface area (Å²) in [6, 6.07) is 5.38. The van der Waals surface area contributed by atoms with Crippen molar-refractivity contribution >= 4 is 17.6 Å². The van der Waals surface area contributed by atoms with Gasteiger partial charge in [0.25, 0.3) is 5.91 Å². The Balaban J connectivity index is 2.02. The van der Waals surface area contributed by atoms with Gasteiger partial charge < -0.3 is 9.26 Å². The minimum absolute atomic E-state index is 0.0263. The van der Waals surface area contributed by atoms with Crippen LogP contribution in [-0.2, 0) is 4.79 Å². The molecule has 0 saturated carbocycles. The van der Waals surface area contributed by atoms with Gasteiger partial charge >= 0.3 is 0 Å². The molecule has 0 unspecified atom stereocenters. The van der Waals surface area contributed by atoms with Crippen molar-refractivity contribution in [1.82, 2.24) is 5.16 Å². The third kappa shape index (κ3) is 3.69. The molecule has 1 amide bonds. The number of amides is 1. The van der Waals surface area contributed by atoms with E-state index >= 15 is 0 Å². The molecule has 22 heavy (non-hydrogen) atoms. The second kappa shape index (κ2) is 6.38. The van der Waals surface area contributed by atoms with E-state index in [-0.39, 0.29) is 23.0 Å². The number of ketones is 1. The van der Waals surface area contributed by atoms with E-state index in [9.17, 15) is 14.0 Å². The van der Waals surface area contributed by atoms with Crippen molar-refractivity contribution < 1.29 is 23.2 Å². The summed E-state index contributed by atoms with van der Waals surface area (Å²) in [7, 11) is 0. The van der Waals surface area contributed by atoms with Gasteiger partial charge in [-0.25, -0.2) is 4.39 Å². The Morgan fingerprint density at radius 2 is 2.09 bits per heavy atom. The molecule has 1 aromatic carbocycles. The molecule has 1 aromatic heterocycles. The lowest BCUT2D eigenvalue weighted by Crippen LogP contribution is -2.30. The van der Waals surface area contributed by atoms with Gasteiger partial charge in [0, 0.05) is 12.1 Å². The highest BCUT2D eigenvalue weighted by atomic mass is 19.1. The lowest BCUT2D eigenvalue weighted by molar-refractivity contribution is -0.122. The lowest BCUT2D eigenvalue weighted by Gasteiger charge is -2.14. The summed E-state index contributed by atoms with van der Waals surface area (Å²) in [5.41, 5.74) is 0.604. The number of hydrogen-bond acceptors (Lipinski definition) is 5. The van der Waals surface area contributed by atoms with Gasteiger partial charge in [-0.2, -0.15) is 0 Å². The number of rotatable bonds is 5. The molecule has 6 nitrogen and oxygen atoms in total. The minimum atomic E-state index is -0.881. The average Bonchev–Trinajstić information content (AvgIpc) is 2.83. The first kappa shape index (κ1) is 15.7. The fourth-order valence-electron chi connectivity index (χ4n) is 1.76. The maximum atomic E-state index is 13.7. The molecule has 1 atom stereocenters. The van der Waals surface area contributed by atoms with Gasteiger partial charge in [0.05, 0.1) is 11.3 Å². The van der Waals surface area contributed by atoms with Gasteiger partial charge in [0.1, 0.15) is 11.6 Å². The molecule has 1 N–H and O–H groups in total. The van der Waals surface area contributed by atoms with Crippen LogP contribution in [0.2, 0.25) is 0 Å². The normalized spacial score (nSPS) is 11.8. The quantitative estimate of drug-likeness (QED) is 0.859. The molecule has 0 aliphatic heterocycles. The number of anilines is 1. The van der Waals surface area contributed by atoms with Crippen LogP contribution < -0.4 is 10.1 Å². The highest BCUT2D eigenvalue weighted by Crippen LogP contribution is 2.19. The molecular formula is C15H15FN2O4. The molecular weight excluding hydrogens is 291 g/mol. The SMILES string of the molecule is CC(=O)c1ccc(O[C@H](C)C(=O)Nc2cc(C)no2)cc1F. The second-order valence-corrected chi connectivity index (χ2v) is 4.78. The molecule has 0 aliphatic carbocycles. The van der Waals surface area contributed by atoms with E-state index in [4.69, 9.17) is 9.26 Å². The van der Waals surface area contributed by atoms with Crippen LogP contribution in [0.15, 0.2) is 28.8 Å². The van der Waals surface area contributed by atoms with E-state index in [1.54, 1.807) is 13.0 Å². The number of aryl methyl sites for hydroxylation is 1. The van der Waals surface area contributed by atoms with Crippen LogP contribution in [0, 0.1) is 12.7 Å². The lowest BCUT2D eigenvalue weighted by atomic mass is 10.1. The van der Waals surface area contributed by atoms with Crippen LogP contribution in [0.4, 0.5) is 10.3 Å². The highest BCUT2D eigenvalue weighted by Gasteiger charge is 2.18. The largest absolute Gasteiger partial charge is 0.481 e. The molecule has 1 heterocycles. The molecule has 0 radical (unpaired) electrons. The van der Waals surface area contributed by atoms with Crippen LogP contribution >= 0.6 is 0 Å². The first-order valence-corrected chi connectivity index (χ1v) is 6.58. The van der Waals surface area contributed by atoms with Gasteiger partial charge in [-0.15, -0.1) is 0 Å². The van der Waals surface area contributed by atoms with E-state index in [0.717, 1.165) is 6.07 Å². The Labute approximate surface area is 126 Å². The van der Waals surface area contributed by atoms with E-state index < -0.39 is 17.8 Å². The third-order valence-electron chi connectivity index (χ3n) is 2.88. The summed E-state index contributed by atoms with van der Waals surface area (Å²) < 4.78 is 23.9. The number of nitrogens with one attached hydrogen (secondary N) is 1. The molecule has 116 valence electrons. The first-order chi connectivity index (χ1) is 10.4. The summed E-state index contributed by atoms with van der Waals surface area (Å²) in [5.74, 6) is -1.18. The van der Waals surface area contributed by atoms with Gasteiger partial charge in [-0.1, -0.05) is 5.16 Å². The number of nitrogens with zero attached hydrogens (tertiary/aromatic N) is 1. The predicted octanol–water partition coefficient (Wildman–Crippen LogP) is 2.73. The van der Waals surface area contributed by atoms with Crippen molar-refractivity contribution in [2.75, 3.05) is 5.32 Å². The molecule has 0 spiro atoms. The number of hydrogen-bond donors (Lipinski definition) is 1. The summed E-state index contributed by atoms with van der Waals surface area (Å²) in [6.07, 6.45) is -0.881. The van der Waals surface area contributed by atoms with E-state index in [2.05, 4.69) is 10.5 Å². The second-order valence-electron chi connectivity index (χ2n) is 4.78. The van der Waals surface area contributed by atoms with Crippen LogP contribution in [0.3, 0.4) is 0 Å². The highest BCUT2D eigenvalue weighted by molar-refractivity contribution is 5.94. The van der Waals surface area contributed by atoms with Crippen molar-refractivity contribution in [3.05, 3.63) is 41.3 Å². The molecule has 0 fully saturated rings. The van der Waals surface area contributed by atoms with Crippen molar-refractivity contribution in [3.8, 4) is 5.75 Å². The van der Waals surface area contributed by atoms with Crippen molar-refractivity contribution in [1.29, 1.82) is 0 Å². The van der Waals surface area contributed by atoms with Crippen LogP contribution in [0.5, 0.6) is 5.75 Å². The van der Waals surface area contributed by atoms with Gasteiger partial charge in [-0.3, -0.25) is 14.9 Å². The smallest absolute Gasteiger partial charge is 0.267 e. The number of ether oxygens (including phenoxy) is 1. The zero-order valence-electron chi connectivity index (χ0n) is 12.3. The Morgan fingerprint density at radius 1 is 1.36 bits per heavy atom. The molecule has 0 bridgehead atoms. The van der Waals surface area contributed by atoms with Gasteiger partial charge in [0.15, 0.2) is 11.9 Å². The van der Waals surface area contributed by atoms with Gasteiger partial charge in [-0.05, 0) is 32.9 Å². The van der Waals surface area contributed by atoms with E-state index in [1.165, 1.54) is 26.0 Å². The monoisotopic (exact) mass is 306 g/mol. The predicted molar refractivity (Wildman–Crippen MR) is 76.4 cm³/mol. The summed E-state index contributed by atoms with van der Waals surface area (Å²) in [6.45, 7) is 4.50. The minimum Gasteiger partial charge on any atom is -0.481 e. The van der Waals surface area contributed by atoms with Crippen LogP contribution in [0.1, 0.15) is 29.9 Å². The van der Waals surface area contributed by atoms with Crippen molar-refractivity contribution in [3.63, 3.8) is 0 Å². The number of aromatic nitrogens is 1. The van der Waals surface area contributed by atoms with Crippen LogP contribution in [0.25, 0.3) is 0 Å². The third-order valence-corrected chi connectivity index (χ3v) is 2.88. The summed E-state index contributed by atoms with van der Waals surface area (Å²) in [5, 5.41) is 6.12.